The van der Waals surface area contributed by atoms with E-state index in [1.807, 2.05) is 6.92 Å². The van der Waals surface area contributed by atoms with Gasteiger partial charge in [0.1, 0.15) is 0 Å². The van der Waals surface area contributed by atoms with Gasteiger partial charge in [-0.3, -0.25) is 19.8 Å². The van der Waals surface area contributed by atoms with Crippen LogP contribution in [0, 0.1) is 10.1 Å². The largest absolute Gasteiger partial charge is 0.464 e. The molecule has 1 fully saturated rings. The lowest BCUT2D eigenvalue weighted by Gasteiger charge is -2.34. The third-order valence-electron chi connectivity index (χ3n) is 7.93. The molecule has 2 aromatic carbocycles. The summed E-state index contributed by atoms with van der Waals surface area (Å²) >= 11 is 5.57. The first kappa shape index (κ1) is 29.4. The lowest BCUT2D eigenvalue weighted by Crippen LogP contribution is -2.50. The highest BCUT2D eigenvalue weighted by atomic mass is 32.1. The lowest BCUT2D eigenvalue weighted by molar-refractivity contribution is -0.384. The van der Waals surface area contributed by atoms with E-state index in [0.29, 0.717) is 5.56 Å². The molecule has 1 aliphatic carbocycles. The fourth-order valence-corrected chi connectivity index (χ4v) is 5.93. The minimum absolute atomic E-state index is 0.0519. The first-order chi connectivity index (χ1) is 18.6. The second-order valence-corrected chi connectivity index (χ2v) is 12.6. The third-order valence-corrected chi connectivity index (χ3v) is 8.21. The number of ether oxygens (including phenoxy) is 2. The SMILES string of the molecule is CCOC(=O)C1N(C(=O)/C=C/c2ccc([N+](=O)[O-])cc2)C(=S)OC1(C)c1cc(C(C)(C)C)cc2c1CCC2(C)C. The fourth-order valence-electron chi connectivity index (χ4n) is 5.56. The van der Waals surface area contributed by atoms with Crippen LogP contribution in [-0.4, -0.2) is 39.5 Å². The van der Waals surface area contributed by atoms with E-state index >= 15 is 0 Å². The molecule has 1 heterocycles. The van der Waals surface area contributed by atoms with E-state index in [0.717, 1.165) is 29.5 Å². The number of nitrogens with zero attached hydrogens (tertiary/aromatic N) is 2. The van der Waals surface area contributed by atoms with Crippen LogP contribution < -0.4 is 0 Å². The van der Waals surface area contributed by atoms with E-state index in [1.54, 1.807) is 6.92 Å². The van der Waals surface area contributed by atoms with Crippen molar-refractivity contribution in [1.82, 2.24) is 4.90 Å². The zero-order chi connectivity index (χ0) is 29.6. The zero-order valence-electron chi connectivity index (χ0n) is 24.1. The van der Waals surface area contributed by atoms with E-state index in [9.17, 15) is 19.7 Å². The van der Waals surface area contributed by atoms with Gasteiger partial charge in [-0.2, -0.15) is 0 Å². The summed E-state index contributed by atoms with van der Waals surface area (Å²) < 4.78 is 11.8. The molecular formula is C31H36N2O6S. The maximum absolute atomic E-state index is 13.6. The standard InChI is InChI=1S/C31H36N2O6S/c1-8-38-27(35)26-31(7,24-18-20(29(2,3)4)17-23-22(24)15-16-30(23,5)6)39-28(40)32(26)25(34)14-11-19-9-12-21(13-10-19)33(36)37/h9-14,17-18,26H,8,15-16H2,1-7H3/b14-11+. The molecule has 9 heteroatoms. The average molecular weight is 565 g/mol. The number of hydrogen-bond acceptors (Lipinski definition) is 7. The van der Waals surface area contributed by atoms with Crippen LogP contribution >= 0.6 is 12.2 Å². The molecule has 0 saturated carbocycles. The van der Waals surface area contributed by atoms with Gasteiger partial charge in [-0.15, -0.1) is 0 Å². The summed E-state index contributed by atoms with van der Waals surface area (Å²) in [6, 6.07) is 9.01. The fraction of sp³-hybridized carbons (Fsp3) is 0.452. The van der Waals surface area contributed by atoms with Crippen LogP contribution in [-0.2, 0) is 41.9 Å². The molecule has 2 atom stereocenters. The normalized spacial score (nSPS) is 21.8. The van der Waals surface area contributed by atoms with E-state index in [1.165, 1.54) is 46.9 Å². The maximum atomic E-state index is 13.6. The van der Waals surface area contributed by atoms with Crippen molar-refractivity contribution in [3.05, 3.63) is 80.4 Å². The molecule has 212 valence electrons. The number of nitro groups is 1. The van der Waals surface area contributed by atoms with Gasteiger partial charge in [0.25, 0.3) is 16.8 Å². The van der Waals surface area contributed by atoms with Gasteiger partial charge in [0.2, 0.25) is 0 Å². The summed E-state index contributed by atoms with van der Waals surface area (Å²) in [6.45, 7) is 14.5. The van der Waals surface area contributed by atoms with Gasteiger partial charge in [-0.25, -0.2) is 4.79 Å². The molecule has 1 amide bonds. The van der Waals surface area contributed by atoms with Crippen molar-refractivity contribution in [3.63, 3.8) is 0 Å². The number of nitro benzene ring substituents is 1. The van der Waals surface area contributed by atoms with E-state index in [2.05, 4.69) is 46.8 Å². The van der Waals surface area contributed by atoms with Crippen LogP contribution in [0.15, 0.2) is 42.5 Å². The number of benzene rings is 2. The Morgan fingerprint density at radius 3 is 2.38 bits per heavy atom. The number of amides is 1. The number of carbonyl (C=O) groups excluding carboxylic acids is 2. The van der Waals surface area contributed by atoms with Crippen LogP contribution in [0.3, 0.4) is 0 Å². The highest BCUT2D eigenvalue weighted by Crippen LogP contribution is 2.49. The van der Waals surface area contributed by atoms with Crippen molar-refractivity contribution in [1.29, 1.82) is 0 Å². The van der Waals surface area contributed by atoms with Crippen LogP contribution in [0.25, 0.3) is 6.08 Å². The molecule has 2 aliphatic rings. The Bertz CT molecular complexity index is 1410. The van der Waals surface area contributed by atoms with Crippen LogP contribution in [0.4, 0.5) is 5.69 Å². The van der Waals surface area contributed by atoms with Crippen molar-refractivity contribution in [2.24, 2.45) is 0 Å². The van der Waals surface area contributed by atoms with Gasteiger partial charge in [-0.1, -0.05) is 46.8 Å². The van der Waals surface area contributed by atoms with Crippen molar-refractivity contribution in [2.75, 3.05) is 6.61 Å². The number of fused-ring (bicyclic) bond motifs is 1. The number of non-ortho nitro benzene ring substituents is 1. The average Bonchev–Trinajstić information content (AvgIpc) is 3.34. The van der Waals surface area contributed by atoms with E-state index in [4.69, 9.17) is 21.7 Å². The molecule has 0 radical (unpaired) electrons. The number of thiocarbonyl (C=S) groups is 1. The number of hydrogen-bond donors (Lipinski definition) is 0. The van der Waals surface area contributed by atoms with Gasteiger partial charge in [-0.05, 0) is 90.2 Å². The molecule has 1 saturated heterocycles. The molecule has 0 spiro atoms. The Morgan fingerprint density at radius 1 is 1.18 bits per heavy atom. The van der Waals surface area contributed by atoms with Crippen molar-refractivity contribution in [2.45, 2.75) is 83.8 Å². The number of carbonyl (C=O) groups is 2. The molecule has 40 heavy (non-hydrogen) atoms. The summed E-state index contributed by atoms with van der Waals surface area (Å²) in [5, 5.41) is 10.9. The Labute approximate surface area is 240 Å². The molecule has 0 bridgehead atoms. The zero-order valence-corrected chi connectivity index (χ0v) is 24.9. The van der Waals surface area contributed by atoms with Crippen LogP contribution in [0.5, 0.6) is 0 Å². The predicted octanol–water partition coefficient (Wildman–Crippen LogP) is 6.12. The summed E-state index contributed by atoms with van der Waals surface area (Å²) in [6.07, 6.45) is 4.58. The highest BCUT2D eigenvalue weighted by Gasteiger charge is 2.58. The molecule has 2 aromatic rings. The molecule has 4 rings (SSSR count). The third kappa shape index (κ3) is 5.27. The molecule has 2 unspecified atom stereocenters. The smallest absolute Gasteiger partial charge is 0.333 e. The van der Waals surface area contributed by atoms with E-state index < -0.39 is 28.4 Å². The minimum Gasteiger partial charge on any atom is -0.464 e. The molecule has 1 aliphatic heterocycles. The quantitative estimate of drug-likeness (QED) is 0.137. The minimum atomic E-state index is -1.27. The van der Waals surface area contributed by atoms with Gasteiger partial charge >= 0.3 is 5.97 Å². The highest BCUT2D eigenvalue weighted by molar-refractivity contribution is 7.80. The molecule has 0 N–H and O–H groups in total. The topological polar surface area (TPSA) is 99.0 Å². The Hall–Kier alpha value is -3.59. The van der Waals surface area contributed by atoms with Gasteiger partial charge in [0, 0.05) is 23.8 Å². The first-order valence-electron chi connectivity index (χ1n) is 13.4. The van der Waals surface area contributed by atoms with Crippen molar-refractivity contribution < 1.29 is 24.0 Å². The van der Waals surface area contributed by atoms with Gasteiger partial charge in [0.15, 0.2) is 11.6 Å². The number of rotatable bonds is 6. The number of esters is 1. The summed E-state index contributed by atoms with van der Waals surface area (Å²) in [5.74, 6) is -1.15. The van der Waals surface area contributed by atoms with Crippen molar-refractivity contribution >= 4 is 41.0 Å². The van der Waals surface area contributed by atoms with E-state index in [-0.39, 0.29) is 28.3 Å². The molecule has 0 aromatic heterocycles. The second kappa shape index (κ2) is 10.4. The van der Waals surface area contributed by atoms with Crippen molar-refractivity contribution in [3.8, 4) is 0 Å². The Balaban J connectivity index is 1.80. The van der Waals surface area contributed by atoms with Crippen LogP contribution in [0.2, 0.25) is 0 Å². The first-order valence-corrected chi connectivity index (χ1v) is 13.8. The van der Waals surface area contributed by atoms with Gasteiger partial charge < -0.3 is 9.47 Å². The molecular weight excluding hydrogens is 528 g/mol. The maximum Gasteiger partial charge on any atom is 0.333 e. The summed E-state index contributed by atoms with van der Waals surface area (Å²) in [7, 11) is 0. The summed E-state index contributed by atoms with van der Waals surface area (Å²) in [5.41, 5.74) is 3.33. The monoisotopic (exact) mass is 564 g/mol. The second-order valence-electron chi connectivity index (χ2n) is 12.2. The Morgan fingerprint density at radius 2 is 1.80 bits per heavy atom. The van der Waals surface area contributed by atoms with Gasteiger partial charge in [0.05, 0.1) is 11.5 Å². The Kier molecular flexibility index (Phi) is 7.66. The summed E-state index contributed by atoms with van der Waals surface area (Å²) in [4.78, 5) is 38.7. The lowest BCUT2D eigenvalue weighted by atomic mass is 9.76. The molecule has 8 nitrogen and oxygen atoms in total. The predicted molar refractivity (Wildman–Crippen MR) is 157 cm³/mol. The van der Waals surface area contributed by atoms with Crippen LogP contribution in [0.1, 0.15) is 82.7 Å².